The van der Waals surface area contributed by atoms with E-state index in [9.17, 15) is 5.11 Å². The van der Waals surface area contributed by atoms with Crippen LogP contribution in [0.1, 0.15) is 25.7 Å². The van der Waals surface area contributed by atoms with Gasteiger partial charge < -0.3 is 15.7 Å². The summed E-state index contributed by atoms with van der Waals surface area (Å²) in [6, 6.07) is 0. The third-order valence-corrected chi connectivity index (χ3v) is 3.15. The molecule has 2 rings (SSSR count). The van der Waals surface area contributed by atoms with E-state index in [1.165, 1.54) is 6.33 Å². The molecular weight excluding hydrogens is 204 g/mol. The van der Waals surface area contributed by atoms with Crippen LogP contribution in [-0.4, -0.2) is 34.3 Å². The average molecular weight is 222 g/mol. The van der Waals surface area contributed by atoms with Gasteiger partial charge in [0, 0.05) is 13.6 Å². The van der Waals surface area contributed by atoms with Gasteiger partial charge in [0.25, 0.3) is 0 Å². The fourth-order valence-electron chi connectivity index (χ4n) is 2.36. The van der Waals surface area contributed by atoms with E-state index in [0.717, 1.165) is 25.7 Å². The molecule has 5 nitrogen and oxygen atoms in total. The number of hydrogen-bond donors (Lipinski definition) is 2. The van der Waals surface area contributed by atoms with Crippen LogP contribution >= 0.6 is 0 Å². The van der Waals surface area contributed by atoms with Crippen LogP contribution in [0.2, 0.25) is 0 Å². The molecule has 1 fully saturated rings. The number of nitrogens with two attached hydrogens (primary N) is 1. The van der Waals surface area contributed by atoms with Gasteiger partial charge in [0.15, 0.2) is 5.82 Å². The van der Waals surface area contributed by atoms with Crippen LogP contribution in [0.25, 0.3) is 0 Å². The van der Waals surface area contributed by atoms with E-state index >= 15 is 0 Å². The molecule has 1 aromatic heterocycles. The van der Waals surface area contributed by atoms with Crippen LogP contribution in [0.5, 0.6) is 0 Å². The maximum atomic E-state index is 10.3. The SMILES string of the molecule is CN(CC1(O)CCCC1)c1ncncc1N. The Morgan fingerprint density at radius 2 is 2.19 bits per heavy atom. The van der Waals surface area contributed by atoms with E-state index in [2.05, 4.69) is 9.97 Å². The van der Waals surface area contributed by atoms with Crippen molar-refractivity contribution in [3.8, 4) is 0 Å². The molecule has 0 aliphatic heterocycles. The number of nitrogen functional groups attached to an aromatic ring is 1. The molecule has 88 valence electrons. The van der Waals surface area contributed by atoms with E-state index in [1.54, 1.807) is 6.20 Å². The van der Waals surface area contributed by atoms with Crippen molar-refractivity contribution in [3.63, 3.8) is 0 Å². The van der Waals surface area contributed by atoms with Gasteiger partial charge in [-0.3, -0.25) is 0 Å². The molecule has 3 N–H and O–H groups in total. The molecule has 5 heteroatoms. The maximum Gasteiger partial charge on any atom is 0.155 e. The standard InChI is InChI=1S/C11H18N4O/c1-15(7-11(16)4-2-3-5-11)10-9(12)6-13-8-14-10/h6,8,16H,2-5,7,12H2,1H3. The molecule has 1 aliphatic rings. The second-order valence-electron chi connectivity index (χ2n) is 4.59. The molecular formula is C11H18N4O. The maximum absolute atomic E-state index is 10.3. The number of hydrogen-bond acceptors (Lipinski definition) is 5. The Labute approximate surface area is 95.3 Å². The zero-order valence-corrected chi connectivity index (χ0v) is 9.56. The predicted octanol–water partition coefficient (Wildman–Crippen LogP) is 0.800. The van der Waals surface area contributed by atoms with Crippen LogP contribution < -0.4 is 10.6 Å². The molecule has 0 unspecified atom stereocenters. The Bertz CT molecular complexity index is 363. The lowest BCUT2D eigenvalue weighted by molar-refractivity contribution is 0.0558. The highest BCUT2D eigenvalue weighted by atomic mass is 16.3. The number of aliphatic hydroxyl groups is 1. The van der Waals surface area contributed by atoms with Crippen molar-refractivity contribution in [2.45, 2.75) is 31.3 Å². The fraction of sp³-hybridized carbons (Fsp3) is 0.636. The summed E-state index contributed by atoms with van der Waals surface area (Å²) in [7, 11) is 1.90. The van der Waals surface area contributed by atoms with Gasteiger partial charge in [0.05, 0.1) is 17.5 Å². The summed E-state index contributed by atoms with van der Waals surface area (Å²) >= 11 is 0. The second-order valence-corrected chi connectivity index (χ2v) is 4.59. The Hall–Kier alpha value is -1.36. The molecule has 0 atom stereocenters. The van der Waals surface area contributed by atoms with Crippen LogP contribution in [0.3, 0.4) is 0 Å². The largest absolute Gasteiger partial charge is 0.394 e. The highest BCUT2D eigenvalue weighted by Crippen LogP contribution is 2.31. The van der Waals surface area contributed by atoms with Crippen LogP contribution in [0.4, 0.5) is 11.5 Å². The lowest BCUT2D eigenvalue weighted by Gasteiger charge is -2.29. The number of aromatic nitrogens is 2. The van der Waals surface area contributed by atoms with Gasteiger partial charge in [0.2, 0.25) is 0 Å². The lowest BCUT2D eigenvalue weighted by atomic mass is 10.0. The van der Waals surface area contributed by atoms with Gasteiger partial charge in [-0.2, -0.15) is 0 Å². The molecule has 1 aliphatic carbocycles. The molecule has 0 amide bonds. The van der Waals surface area contributed by atoms with Crippen molar-refractivity contribution >= 4 is 11.5 Å². The van der Waals surface area contributed by atoms with Crippen molar-refractivity contribution < 1.29 is 5.11 Å². The molecule has 0 saturated heterocycles. The van der Waals surface area contributed by atoms with Gasteiger partial charge in [-0.25, -0.2) is 9.97 Å². The summed E-state index contributed by atoms with van der Waals surface area (Å²) in [4.78, 5) is 9.89. The predicted molar refractivity (Wildman–Crippen MR) is 63.1 cm³/mol. The van der Waals surface area contributed by atoms with Gasteiger partial charge in [-0.1, -0.05) is 12.8 Å². The minimum Gasteiger partial charge on any atom is -0.394 e. The first kappa shape index (κ1) is 11.1. The molecule has 0 radical (unpaired) electrons. The third-order valence-electron chi connectivity index (χ3n) is 3.15. The number of nitrogens with zero attached hydrogens (tertiary/aromatic N) is 3. The van der Waals surface area contributed by atoms with Crippen molar-refractivity contribution in [1.82, 2.24) is 9.97 Å². The second kappa shape index (κ2) is 4.25. The van der Waals surface area contributed by atoms with Crippen LogP contribution in [0.15, 0.2) is 12.5 Å². The molecule has 0 bridgehead atoms. The monoisotopic (exact) mass is 222 g/mol. The molecule has 1 heterocycles. The van der Waals surface area contributed by atoms with E-state index < -0.39 is 5.60 Å². The third kappa shape index (κ3) is 2.24. The van der Waals surface area contributed by atoms with E-state index in [4.69, 9.17) is 5.73 Å². The van der Waals surface area contributed by atoms with Gasteiger partial charge >= 0.3 is 0 Å². The number of anilines is 2. The highest BCUT2D eigenvalue weighted by molar-refractivity contribution is 5.60. The minimum atomic E-state index is -0.577. The Kier molecular flexibility index (Phi) is 2.96. The average Bonchev–Trinajstić information content (AvgIpc) is 2.65. The molecule has 0 aromatic carbocycles. The van der Waals surface area contributed by atoms with Crippen molar-refractivity contribution in [2.75, 3.05) is 24.2 Å². The zero-order chi connectivity index (χ0) is 11.6. The first-order valence-corrected chi connectivity index (χ1v) is 5.60. The van der Waals surface area contributed by atoms with Crippen LogP contribution in [-0.2, 0) is 0 Å². The highest BCUT2D eigenvalue weighted by Gasteiger charge is 2.32. The van der Waals surface area contributed by atoms with E-state index in [1.807, 2.05) is 11.9 Å². The summed E-state index contributed by atoms with van der Waals surface area (Å²) in [6.07, 6.45) is 6.98. The molecule has 16 heavy (non-hydrogen) atoms. The summed E-state index contributed by atoms with van der Waals surface area (Å²) < 4.78 is 0. The van der Waals surface area contributed by atoms with Crippen molar-refractivity contribution in [2.24, 2.45) is 0 Å². The Morgan fingerprint density at radius 1 is 1.50 bits per heavy atom. The first-order chi connectivity index (χ1) is 7.61. The minimum absolute atomic E-state index is 0.548. The molecule has 1 saturated carbocycles. The quantitative estimate of drug-likeness (QED) is 0.791. The molecule has 1 aromatic rings. The summed E-state index contributed by atoms with van der Waals surface area (Å²) in [5.41, 5.74) is 5.76. The Balaban J connectivity index is 2.08. The van der Waals surface area contributed by atoms with Crippen LogP contribution in [0, 0.1) is 0 Å². The summed E-state index contributed by atoms with van der Waals surface area (Å²) in [5, 5.41) is 10.3. The Morgan fingerprint density at radius 3 is 2.81 bits per heavy atom. The summed E-state index contributed by atoms with van der Waals surface area (Å²) in [5.74, 6) is 0.690. The molecule has 0 spiro atoms. The number of rotatable bonds is 3. The van der Waals surface area contributed by atoms with Crippen molar-refractivity contribution in [3.05, 3.63) is 12.5 Å². The lowest BCUT2D eigenvalue weighted by Crippen LogP contribution is -2.39. The van der Waals surface area contributed by atoms with Gasteiger partial charge in [-0.15, -0.1) is 0 Å². The number of likely N-dealkylation sites (N-methyl/N-ethyl adjacent to an activating group) is 1. The fourth-order valence-corrected chi connectivity index (χ4v) is 2.36. The zero-order valence-electron chi connectivity index (χ0n) is 9.56. The first-order valence-electron chi connectivity index (χ1n) is 5.60. The topological polar surface area (TPSA) is 75.3 Å². The van der Waals surface area contributed by atoms with Gasteiger partial charge in [0.1, 0.15) is 6.33 Å². The van der Waals surface area contributed by atoms with Crippen molar-refractivity contribution in [1.29, 1.82) is 0 Å². The van der Waals surface area contributed by atoms with E-state index in [0.29, 0.717) is 18.1 Å². The van der Waals surface area contributed by atoms with Gasteiger partial charge in [-0.05, 0) is 12.8 Å². The normalized spacial score (nSPS) is 18.6. The summed E-state index contributed by atoms with van der Waals surface area (Å²) in [6.45, 7) is 0.578. The smallest absolute Gasteiger partial charge is 0.155 e. The van der Waals surface area contributed by atoms with E-state index in [-0.39, 0.29) is 0 Å².